The first kappa shape index (κ1) is 19.1. The number of likely N-dealkylation sites (tertiary alicyclic amines) is 1. The molecule has 1 unspecified atom stereocenters. The van der Waals surface area contributed by atoms with Crippen LogP contribution in [0.15, 0.2) is 48.5 Å². The topological polar surface area (TPSA) is 66.8 Å². The Morgan fingerprint density at radius 1 is 1.23 bits per heavy atom. The maximum absolute atomic E-state index is 13.3. The number of H-pyrrole nitrogens is 1. The Kier molecular flexibility index (Phi) is 4.96. The fraction of sp³-hybridized carbons (Fsp3) is 0.273. The maximum atomic E-state index is 13.3. The van der Waals surface area contributed by atoms with Crippen molar-refractivity contribution in [3.63, 3.8) is 0 Å². The number of amides is 1. The number of aromatic amines is 1. The van der Waals surface area contributed by atoms with Gasteiger partial charge in [-0.25, -0.2) is 4.98 Å². The van der Waals surface area contributed by atoms with Gasteiger partial charge in [0.15, 0.2) is 10.6 Å². The van der Waals surface area contributed by atoms with Gasteiger partial charge in [-0.1, -0.05) is 42.0 Å². The molecule has 8 heteroatoms. The van der Waals surface area contributed by atoms with Crippen LogP contribution < -0.4 is 0 Å². The van der Waals surface area contributed by atoms with E-state index in [-0.39, 0.29) is 18.5 Å². The van der Waals surface area contributed by atoms with Crippen LogP contribution in [0.5, 0.6) is 0 Å². The molecule has 0 saturated carbocycles. The standard InChI is InChI=1S/C22H21N5OS2/c1-14-8-10-15(11-9-14)20-24-25-22(29)27(20)13-19(28)26-12-4-6-17(26)21-23-16-5-2-3-7-18(16)30-21/h2-3,5,7-11,17H,4,6,12-13H2,1H3,(H,25,29). The Hall–Kier alpha value is -2.84. The molecule has 0 radical (unpaired) electrons. The van der Waals surface area contributed by atoms with Gasteiger partial charge >= 0.3 is 0 Å². The Morgan fingerprint density at radius 2 is 2.03 bits per heavy atom. The molecule has 1 amide bonds. The number of rotatable bonds is 4. The minimum Gasteiger partial charge on any atom is -0.332 e. The highest BCUT2D eigenvalue weighted by molar-refractivity contribution is 7.71. The Bertz CT molecular complexity index is 1240. The second-order valence-electron chi connectivity index (χ2n) is 7.57. The van der Waals surface area contributed by atoms with Gasteiger partial charge in [-0.15, -0.1) is 11.3 Å². The number of nitrogens with one attached hydrogen (secondary N) is 1. The van der Waals surface area contributed by atoms with Crippen LogP contribution in [0.4, 0.5) is 0 Å². The average molecular weight is 436 g/mol. The SMILES string of the molecule is Cc1ccc(-c2n[nH]c(=S)n2CC(=O)N2CCCC2c2nc3ccccc3s2)cc1. The van der Waals surface area contributed by atoms with Crippen LogP contribution in [0.3, 0.4) is 0 Å². The Labute approximate surface area is 183 Å². The number of benzene rings is 2. The van der Waals surface area contributed by atoms with Crippen molar-refractivity contribution >= 4 is 39.7 Å². The monoisotopic (exact) mass is 435 g/mol. The number of hydrogen-bond donors (Lipinski definition) is 1. The van der Waals surface area contributed by atoms with Gasteiger partial charge in [0, 0.05) is 12.1 Å². The summed E-state index contributed by atoms with van der Waals surface area (Å²) in [6, 6.07) is 16.2. The van der Waals surface area contributed by atoms with E-state index < -0.39 is 0 Å². The smallest absolute Gasteiger partial charge is 0.243 e. The fourth-order valence-corrected chi connectivity index (χ4v) is 5.28. The van der Waals surface area contributed by atoms with Crippen molar-refractivity contribution < 1.29 is 4.79 Å². The molecule has 30 heavy (non-hydrogen) atoms. The molecule has 1 saturated heterocycles. The summed E-state index contributed by atoms with van der Waals surface area (Å²) in [7, 11) is 0. The zero-order valence-electron chi connectivity index (χ0n) is 16.5. The number of fused-ring (bicyclic) bond motifs is 1. The van der Waals surface area contributed by atoms with E-state index >= 15 is 0 Å². The molecule has 1 aliphatic rings. The van der Waals surface area contributed by atoms with E-state index in [1.165, 1.54) is 5.56 Å². The van der Waals surface area contributed by atoms with Crippen LogP contribution in [0.2, 0.25) is 0 Å². The summed E-state index contributed by atoms with van der Waals surface area (Å²) < 4.78 is 3.40. The van der Waals surface area contributed by atoms with Crippen molar-refractivity contribution in [2.24, 2.45) is 0 Å². The van der Waals surface area contributed by atoms with E-state index in [2.05, 4.69) is 16.3 Å². The number of hydrogen-bond acceptors (Lipinski definition) is 5. The lowest BCUT2D eigenvalue weighted by Gasteiger charge is -2.23. The summed E-state index contributed by atoms with van der Waals surface area (Å²) in [5.74, 6) is 0.728. The summed E-state index contributed by atoms with van der Waals surface area (Å²) >= 11 is 7.10. The van der Waals surface area contributed by atoms with Crippen LogP contribution in [0, 0.1) is 11.7 Å². The highest BCUT2D eigenvalue weighted by Crippen LogP contribution is 2.36. The Morgan fingerprint density at radius 3 is 2.83 bits per heavy atom. The number of nitrogens with zero attached hydrogens (tertiary/aromatic N) is 4. The third kappa shape index (κ3) is 3.46. The van der Waals surface area contributed by atoms with Gasteiger partial charge in [-0.05, 0) is 44.1 Å². The first-order valence-corrected chi connectivity index (χ1v) is 11.2. The zero-order chi connectivity index (χ0) is 20.7. The molecule has 1 aliphatic heterocycles. The first-order chi connectivity index (χ1) is 14.6. The van der Waals surface area contributed by atoms with Gasteiger partial charge < -0.3 is 4.90 Å². The average Bonchev–Trinajstić information content (AvgIpc) is 3.47. The third-order valence-corrected chi connectivity index (χ3v) is 6.98. The van der Waals surface area contributed by atoms with E-state index in [1.54, 1.807) is 15.9 Å². The van der Waals surface area contributed by atoms with Gasteiger partial charge in [-0.3, -0.25) is 14.5 Å². The second kappa shape index (κ2) is 7.77. The molecule has 0 aliphatic carbocycles. The summed E-state index contributed by atoms with van der Waals surface area (Å²) in [4.78, 5) is 20.0. The fourth-order valence-electron chi connectivity index (χ4n) is 3.97. The molecule has 3 heterocycles. The predicted octanol–water partition coefficient (Wildman–Crippen LogP) is 4.89. The summed E-state index contributed by atoms with van der Waals surface area (Å²) in [6.45, 7) is 2.95. The van der Waals surface area contributed by atoms with Crippen molar-refractivity contribution in [1.82, 2.24) is 24.6 Å². The highest BCUT2D eigenvalue weighted by Gasteiger charge is 2.32. The maximum Gasteiger partial charge on any atom is 0.243 e. The second-order valence-corrected chi connectivity index (χ2v) is 9.02. The van der Waals surface area contributed by atoms with Crippen molar-refractivity contribution in [1.29, 1.82) is 0 Å². The van der Waals surface area contributed by atoms with Crippen molar-refractivity contribution in [2.45, 2.75) is 32.4 Å². The number of aryl methyl sites for hydroxylation is 1. The van der Waals surface area contributed by atoms with Gasteiger partial charge in [0.2, 0.25) is 5.91 Å². The summed E-state index contributed by atoms with van der Waals surface area (Å²) in [6.07, 6.45) is 1.92. The molecule has 6 nitrogen and oxygen atoms in total. The van der Waals surface area contributed by atoms with E-state index in [0.29, 0.717) is 10.6 Å². The minimum atomic E-state index is 0.0267. The lowest BCUT2D eigenvalue weighted by molar-refractivity contribution is -0.132. The molecule has 2 aromatic carbocycles. The molecule has 1 N–H and O–H groups in total. The number of carbonyl (C=O) groups is 1. The van der Waals surface area contributed by atoms with E-state index in [0.717, 1.165) is 40.2 Å². The molecule has 152 valence electrons. The van der Waals surface area contributed by atoms with Gasteiger partial charge in [0.25, 0.3) is 0 Å². The molecule has 1 atom stereocenters. The zero-order valence-corrected chi connectivity index (χ0v) is 18.2. The molecule has 4 aromatic rings. The van der Waals surface area contributed by atoms with Gasteiger partial charge in [0.05, 0.1) is 16.3 Å². The molecule has 5 rings (SSSR count). The van der Waals surface area contributed by atoms with E-state index in [9.17, 15) is 4.79 Å². The quantitative estimate of drug-likeness (QED) is 0.464. The molecular weight excluding hydrogens is 414 g/mol. The molecular formula is C22H21N5OS2. The summed E-state index contributed by atoms with van der Waals surface area (Å²) in [5.41, 5.74) is 3.10. The van der Waals surface area contributed by atoms with Crippen LogP contribution in [-0.4, -0.2) is 37.1 Å². The largest absolute Gasteiger partial charge is 0.332 e. The van der Waals surface area contributed by atoms with Gasteiger partial charge in [0.1, 0.15) is 11.6 Å². The van der Waals surface area contributed by atoms with Crippen LogP contribution >= 0.6 is 23.6 Å². The predicted molar refractivity (Wildman–Crippen MR) is 121 cm³/mol. The number of para-hydroxylation sites is 1. The molecule has 0 bridgehead atoms. The van der Waals surface area contributed by atoms with Crippen LogP contribution in [0.1, 0.15) is 29.5 Å². The van der Waals surface area contributed by atoms with Crippen molar-refractivity contribution in [2.75, 3.05) is 6.54 Å². The summed E-state index contributed by atoms with van der Waals surface area (Å²) in [5, 5.41) is 8.22. The first-order valence-electron chi connectivity index (χ1n) is 9.97. The Balaban J connectivity index is 1.42. The van der Waals surface area contributed by atoms with Crippen molar-refractivity contribution in [3.05, 3.63) is 63.9 Å². The van der Waals surface area contributed by atoms with Crippen molar-refractivity contribution in [3.8, 4) is 11.4 Å². The minimum absolute atomic E-state index is 0.0267. The van der Waals surface area contributed by atoms with Crippen LogP contribution in [-0.2, 0) is 11.3 Å². The van der Waals surface area contributed by atoms with Crippen LogP contribution in [0.25, 0.3) is 21.6 Å². The molecule has 2 aromatic heterocycles. The normalized spacial score (nSPS) is 16.4. The van der Waals surface area contributed by atoms with E-state index in [4.69, 9.17) is 17.2 Å². The number of thiazole rings is 1. The lowest BCUT2D eigenvalue weighted by Crippen LogP contribution is -2.33. The van der Waals surface area contributed by atoms with Gasteiger partial charge in [-0.2, -0.15) is 5.10 Å². The highest BCUT2D eigenvalue weighted by atomic mass is 32.1. The lowest BCUT2D eigenvalue weighted by atomic mass is 10.1. The molecule has 1 fully saturated rings. The number of carbonyl (C=O) groups excluding carboxylic acids is 1. The molecule has 0 spiro atoms. The number of aromatic nitrogens is 4. The van der Waals surface area contributed by atoms with E-state index in [1.807, 2.05) is 54.3 Å². The third-order valence-electron chi connectivity index (χ3n) is 5.53.